The zero-order valence-corrected chi connectivity index (χ0v) is 25.3. The Hall–Kier alpha value is -4.71. The first-order valence-corrected chi connectivity index (χ1v) is 15.0. The van der Waals surface area contributed by atoms with Crippen LogP contribution in [0.4, 0.5) is 34.5 Å². The van der Waals surface area contributed by atoms with Gasteiger partial charge in [0.15, 0.2) is 5.82 Å². The molecule has 1 aromatic heterocycles. The number of carbonyl (C=O) groups excluding carboxylic acids is 3. The second kappa shape index (κ2) is 12.1. The summed E-state index contributed by atoms with van der Waals surface area (Å²) < 4.78 is 0. The van der Waals surface area contributed by atoms with Crippen molar-refractivity contribution < 1.29 is 14.4 Å². The highest BCUT2D eigenvalue weighted by Crippen LogP contribution is 2.33. The van der Waals surface area contributed by atoms with Gasteiger partial charge in [0.1, 0.15) is 5.02 Å². The maximum Gasteiger partial charge on any atom is 0.235 e. The number of nitrogens with zero attached hydrogens (tertiary/aromatic N) is 4. The molecule has 0 spiro atoms. The Kier molecular flexibility index (Phi) is 8.09. The lowest BCUT2D eigenvalue weighted by Crippen LogP contribution is -2.44. The third-order valence-corrected chi connectivity index (χ3v) is 8.74. The monoisotopic (exact) mass is 615 g/mol. The molecule has 228 valence electrons. The van der Waals surface area contributed by atoms with Crippen molar-refractivity contribution in [1.82, 2.24) is 15.3 Å². The first-order chi connectivity index (χ1) is 21.2. The number of halogens is 1. The van der Waals surface area contributed by atoms with E-state index in [1.54, 1.807) is 25.2 Å². The average molecular weight is 616 g/mol. The van der Waals surface area contributed by atoms with Gasteiger partial charge < -0.3 is 31.2 Å². The molecule has 3 amide bonds. The van der Waals surface area contributed by atoms with Crippen LogP contribution in [0.5, 0.6) is 0 Å². The van der Waals surface area contributed by atoms with Gasteiger partial charge in [0.2, 0.25) is 23.7 Å². The topological polar surface area (TPSA) is 155 Å². The van der Waals surface area contributed by atoms with Gasteiger partial charge in [0, 0.05) is 68.0 Å². The SMILES string of the molecule is CNc1cc(NC2CCN(c3ncc(Cl)c(Nc4ccc5c(c4)CC(=O)N5C)n3)CC2)ccc1C(=N)C1CCC(=O)NC1=O. The Morgan fingerprint density at radius 2 is 1.84 bits per heavy atom. The molecule has 3 aliphatic rings. The van der Waals surface area contributed by atoms with E-state index in [0.717, 1.165) is 54.2 Å². The minimum Gasteiger partial charge on any atom is -0.388 e. The van der Waals surface area contributed by atoms with Crippen LogP contribution in [-0.4, -0.2) is 66.6 Å². The van der Waals surface area contributed by atoms with Crippen LogP contribution in [0.2, 0.25) is 5.02 Å². The van der Waals surface area contributed by atoms with Gasteiger partial charge in [-0.1, -0.05) is 11.6 Å². The number of imide groups is 1. The number of aromatic nitrogens is 2. The van der Waals surface area contributed by atoms with Crippen molar-refractivity contribution in [3.05, 3.63) is 58.7 Å². The molecule has 3 aromatic rings. The van der Waals surface area contributed by atoms with E-state index < -0.39 is 11.8 Å². The van der Waals surface area contributed by atoms with E-state index in [1.165, 1.54) is 0 Å². The Labute approximate surface area is 260 Å². The smallest absolute Gasteiger partial charge is 0.235 e. The molecule has 12 nitrogen and oxygen atoms in total. The number of rotatable bonds is 8. The predicted octanol–water partition coefficient (Wildman–Crippen LogP) is 3.94. The maximum atomic E-state index is 12.3. The Morgan fingerprint density at radius 1 is 1.07 bits per heavy atom. The standard InChI is InChI=1S/C31H34ClN9O3/c1-34-24-15-20(3-5-21(24)28(33)22-6-8-26(42)38-30(22)44)36-18-9-11-41(12-10-18)31-35-16-23(32)29(39-31)37-19-4-7-25-17(13-19)14-27(43)40(25)2/h3-5,7,13,15-16,18,22,33-34,36H,6,8-12,14H2,1-2H3,(H,35,37,39)(H,38,42,44). The summed E-state index contributed by atoms with van der Waals surface area (Å²) in [5.74, 6) is -0.167. The van der Waals surface area contributed by atoms with E-state index in [-0.39, 0.29) is 30.0 Å². The summed E-state index contributed by atoms with van der Waals surface area (Å²) in [6, 6.07) is 11.7. The second-order valence-electron chi connectivity index (χ2n) is 11.3. The first-order valence-electron chi connectivity index (χ1n) is 14.6. The minimum absolute atomic E-state index is 0.0714. The fourth-order valence-corrected chi connectivity index (χ4v) is 6.11. The number of hydrogen-bond donors (Lipinski definition) is 5. The lowest BCUT2D eigenvalue weighted by Gasteiger charge is -2.33. The van der Waals surface area contributed by atoms with Gasteiger partial charge in [0.25, 0.3) is 0 Å². The number of amides is 3. The number of nitrogens with one attached hydrogen (secondary N) is 5. The zero-order chi connectivity index (χ0) is 31.0. The van der Waals surface area contributed by atoms with Crippen molar-refractivity contribution in [1.29, 1.82) is 5.41 Å². The fourth-order valence-electron chi connectivity index (χ4n) is 5.97. The fraction of sp³-hybridized carbons (Fsp3) is 0.355. The molecule has 0 bridgehead atoms. The predicted molar refractivity (Wildman–Crippen MR) is 171 cm³/mol. The van der Waals surface area contributed by atoms with Crippen LogP contribution in [-0.2, 0) is 20.8 Å². The van der Waals surface area contributed by atoms with Gasteiger partial charge >= 0.3 is 0 Å². The highest BCUT2D eigenvalue weighted by atomic mass is 35.5. The summed E-state index contributed by atoms with van der Waals surface area (Å²) in [6.07, 6.45) is 4.29. The number of piperidine rings is 2. The van der Waals surface area contributed by atoms with Gasteiger partial charge in [-0.2, -0.15) is 4.98 Å². The normalized spacial score (nSPS) is 18.6. The van der Waals surface area contributed by atoms with Crippen molar-refractivity contribution in [3.63, 3.8) is 0 Å². The molecule has 0 saturated carbocycles. The molecule has 1 unspecified atom stereocenters. The molecule has 6 rings (SSSR count). The molecule has 2 saturated heterocycles. The third kappa shape index (κ3) is 5.89. The Bertz CT molecular complexity index is 1650. The second-order valence-corrected chi connectivity index (χ2v) is 11.7. The van der Waals surface area contributed by atoms with Crippen LogP contribution < -0.4 is 31.1 Å². The lowest BCUT2D eigenvalue weighted by molar-refractivity contribution is -0.134. The molecule has 5 N–H and O–H groups in total. The van der Waals surface area contributed by atoms with Crippen molar-refractivity contribution in [2.75, 3.05) is 52.9 Å². The van der Waals surface area contributed by atoms with Gasteiger partial charge in [-0.3, -0.25) is 19.7 Å². The summed E-state index contributed by atoms with van der Waals surface area (Å²) in [7, 11) is 3.57. The Morgan fingerprint density at radius 3 is 2.59 bits per heavy atom. The third-order valence-electron chi connectivity index (χ3n) is 8.47. The van der Waals surface area contributed by atoms with Crippen LogP contribution in [0, 0.1) is 11.3 Å². The highest BCUT2D eigenvalue weighted by molar-refractivity contribution is 6.33. The van der Waals surface area contributed by atoms with Crippen LogP contribution >= 0.6 is 11.6 Å². The average Bonchev–Trinajstić information content (AvgIpc) is 3.30. The summed E-state index contributed by atoms with van der Waals surface area (Å²) in [5, 5.41) is 21.4. The summed E-state index contributed by atoms with van der Waals surface area (Å²) in [5.41, 5.74) is 5.20. The largest absolute Gasteiger partial charge is 0.388 e. The molecule has 2 fully saturated rings. The highest BCUT2D eigenvalue weighted by Gasteiger charge is 2.32. The molecule has 0 radical (unpaired) electrons. The van der Waals surface area contributed by atoms with E-state index in [9.17, 15) is 14.4 Å². The lowest BCUT2D eigenvalue weighted by atomic mass is 9.88. The quantitative estimate of drug-likeness (QED) is 0.187. The van der Waals surface area contributed by atoms with Gasteiger partial charge in [0.05, 0.1) is 24.2 Å². The first kappa shape index (κ1) is 29.4. The zero-order valence-electron chi connectivity index (χ0n) is 24.5. The van der Waals surface area contributed by atoms with E-state index in [1.807, 2.05) is 36.4 Å². The maximum absolute atomic E-state index is 12.3. The van der Waals surface area contributed by atoms with Crippen molar-refractivity contribution >= 4 is 69.5 Å². The van der Waals surface area contributed by atoms with Crippen molar-refractivity contribution in [2.24, 2.45) is 5.92 Å². The van der Waals surface area contributed by atoms with Crippen molar-refractivity contribution in [2.45, 2.75) is 38.1 Å². The molecule has 1 atom stereocenters. The minimum atomic E-state index is -0.644. The van der Waals surface area contributed by atoms with E-state index in [2.05, 4.69) is 31.2 Å². The molecule has 13 heteroatoms. The molecule has 3 aliphatic heterocycles. The van der Waals surface area contributed by atoms with E-state index >= 15 is 0 Å². The molecule has 2 aromatic carbocycles. The van der Waals surface area contributed by atoms with Crippen LogP contribution in [0.15, 0.2) is 42.6 Å². The summed E-state index contributed by atoms with van der Waals surface area (Å²) in [4.78, 5) is 48.9. The Balaban J connectivity index is 1.07. The number of hydrogen-bond acceptors (Lipinski definition) is 10. The van der Waals surface area contributed by atoms with Crippen LogP contribution in [0.25, 0.3) is 0 Å². The van der Waals surface area contributed by atoms with Crippen molar-refractivity contribution in [3.8, 4) is 0 Å². The number of carbonyl (C=O) groups is 3. The number of anilines is 6. The molecular weight excluding hydrogens is 582 g/mol. The summed E-state index contributed by atoms with van der Waals surface area (Å²) in [6.45, 7) is 1.51. The number of likely N-dealkylation sites (N-methyl/N-ethyl adjacent to an activating group) is 1. The molecule has 4 heterocycles. The number of benzene rings is 2. The van der Waals surface area contributed by atoms with Gasteiger partial charge in [-0.05, 0) is 61.2 Å². The molecule has 44 heavy (non-hydrogen) atoms. The number of fused-ring (bicyclic) bond motifs is 1. The summed E-state index contributed by atoms with van der Waals surface area (Å²) >= 11 is 6.44. The van der Waals surface area contributed by atoms with E-state index in [0.29, 0.717) is 35.2 Å². The van der Waals surface area contributed by atoms with Gasteiger partial charge in [-0.25, -0.2) is 4.98 Å². The van der Waals surface area contributed by atoms with Gasteiger partial charge in [-0.15, -0.1) is 0 Å². The van der Waals surface area contributed by atoms with Crippen LogP contribution in [0.3, 0.4) is 0 Å². The van der Waals surface area contributed by atoms with E-state index in [4.69, 9.17) is 22.0 Å². The molecule has 0 aliphatic carbocycles. The van der Waals surface area contributed by atoms with Crippen LogP contribution in [0.1, 0.15) is 36.8 Å². The molecular formula is C31H34ClN9O3.